The summed E-state index contributed by atoms with van der Waals surface area (Å²) in [4.78, 5) is 16.7. The van der Waals surface area contributed by atoms with E-state index in [4.69, 9.17) is 10.00 Å². The van der Waals surface area contributed by atoms with Gasteiger partial charge >= 0.3 is 0 Å². The Hall–Kier alpha value is -2.10. The van der Waals surface area contributed by atoms with E-state index in [1.54, 1.807) is 0 Å². The molecule has 1 aromatic rings. The Morgan fingerprint density at radius 3 is 2.48 bits per heavy atom. The Kier molecular flexibility index (Phi) is 7.08. The Balaban J connectivity index is 1.36. The average molecular weight is 371 g/mol. The van der Waals surface area contributed by atoms with E-state index >= 15 is 0 Å². The molecule has 6 nitrogen and oxygen atoms in total. The summed E-state index contributed by atoms with van der Waals surface area (Å²) in [6, 6.07) is 9.50. The third kappa shape index (κ3) is 5.69. The standard InChI is InChI=1S/C21H29N3O3/c22-10-9-17-5-7-20(8-6-17)27-16-19(25)15-23-11-13-24(14-12-23)21(26)18-3-1-2-4-18/h5-8,18-19,25H,1-4,9,11-16H2. The van der Waals surface area contributed by atoms with Crippen LogP contribution >= 0.6 is 0 Å². The van der Waals surface area contributed by atoms with Crippen molar-refractivity contribution in [3.63, 3.8) is 0 Å². The summed E-state index contributed by atoms with van der Waals surface area (Å²) >= 11 is 0. The van der Waals surface area contributed by atoms with Gasteiger partial charge in [-0.15, -0.1) is 0 Å². The SMILES string of the molecule is N#CCc1ccc(OCC(O)CN2CCN(C(=O)C3CCCC3)CC2)cc1. The number of hydrogen-bond donors (Lipinski definition) is 1. The summed E-state index contributed by atoms with van der Waals surface area (Å²) in [5, 5.41) is 18.9. The first-order chi connectivity index (χ1) is 13.2. The fourth-order valence-corrected chi connectivity index (χ4v) is 3.92. The molecule has 2 fully saturated rings. The minimum Gasteiger partial charge on any atom is -0.491 e. The monoisotopic (exact) mass is 371 g/mol. The summed E-state index contributed by atoms with van der Waals surface area (Å²) in [6.45, 7) is 3.90. The Morgan fingerprint density at radius 1 is 1.19 bits per heavy atom. The summed E-state index contributed by atoms with van der Waals surface area (Å²) < 4.78 is 5.65. The van der Waals surface area contributed by atoms with Crippen LogP contribution in [0.15, 0.2) is 24.3 Å². The van der Waals surface area contributed by atoms with Crippen LogP contribution in [0.3, 0.4) is 0 Å². The predicted octanol–water partition coefficient (Wildman–Crippen LogP) is 1.83. The molecule has 0 bridgehead atoms. The highest BCUT2D eigenvalue weighted by atomic mass is 16.5. The van der Waals surface area contributed by atoms with Gasteiger partial charge in [-0.05, 0) is 30.5 Å². The van der Waals surface area contributed by atoms with Crippen molar-refractivity contribution in [3.8, 4) is 11.8 Å². The topological polar surface area (TPSA) is 76.8 Å². The molecular weight excluding hydrogens is 342 g/mol. The molecule has 0 spiro atoms. The summed E-state index contributed by atoms with van der Waals surface area (Å²) in [5.74, 6) is 1.27. The molecule has 1 unspecified atom stereocenters. The van der Waals surface area contributed by atoms with Crippen molar-refractivity contribution in [2.45, 2.75) is 38.2 Å². The second kappa shape index (κ2) is 9.72. The zero-order valence-electron chi connectivity index (χ0n) is 15.8. The molecule has 1 atom stereocenters. The maximum atomic E-state index is 12.5. The second-order valence-electron chi connectivity index (χ2n) is 7.55. The van der Waals surface area contributed by atoms with Crippen LogP contribution in [0.25, 0.3) is 0 Å². The molecule has 1 aliphatic carbocycles. The number of piperazine rings is 1. The molecule has 1 aliphatic heterocycles. The molecule has 1 N–H and O–H groups in total. The van der Waals surface area contributed by atoms with E-state index in [1.165, 1.54) is 12.8 Å². The molecule has 1 amide bonds. The normalized spacial score (nSPS) is 19.6. The van der Waals surface area contributed by atoms with Gasteiger partial charge < -0.3 is 14.7 Å². The lowest BCUT2D eigenvalue weighted by atomic mass is 10.1. The zero-order valence-corrected chi connectivity index (χ0v) is 15.8. The number of benzene rings is 1. The molecule has 6 heteroatoms. The number of carbonyl (C=O) groups excluding carboxylic acids is 1. The zero-order chi connectivity index (χ0) is 19.1. The third-order valence-corrected chi connectivity index (χ3v) is 5.51. The Morgan fingerprint density at radius 2 is 1.85 bits per heavy atom. The van der Waals surface area contributed by atoms with E-state index in [-0.39, 0.29) is 12.5 Å². The number of amides is 1. The minimum atomic E-state index is -0.569. The number of aliphatic hydroxyl groups excluding tert-OH is 1. The van der Waals surface area contributed by atoms with Crippen LogP contribution in [-0.2, 0) is 11.2 Å². The number of nitrogens with zero attached hydrogens (tertiary/aromatic N) is 3. The van der Waals surface area contributed by atoms with Crippen LogP contribution in [0.5, 0.6) is 5.75 Å². The predicted molar refractivity (Wildman–Crippen MR) is 102 cm³/mol. The number of hydrogen-bond acceptors (Lipinski definition) is 5. The average Bonchev–Trinajstić information content (AvgIpc) is 3.23. The first kappa shape index (κ1) is 19.7. The highest BCUT2D eigenvalue weighted by Gasteiger charge is 2.29. The molecule has 1 heterocycles. The van der Waals surface area contributed by atoms with E-state index in [9.17, 15) is 9.90 Å². The van der Waals surface area contributed by atoms with E-state index in [2.05, 4.69) is 11.0 Å². The van der Waals surface area contributed by atoms with Crippen molar-refractivity contribution in [2.75, 3.05) is 39.3 Å². The number of β-amino-alcohol motifs (C(OH)–C–C–N with tert-alkyl or cyclic N) is 1. The molecule has 1 aromatic carbocycles. The van der Waals surface area contributed by atoms with E-state index in [0.29, 0.717) is 24.6 Å². The van der Waals surface area contributed by atoms with Gasteiger partial charge in [-0.25, -0.2) is 0 Å². The highest BCUT2D eigenvalue weighted by Crippen LogP contribution is 2.26. The van der Waals surface area contributed by atoms with Crippen LogP contribution in [-0.4, -0.2) is 66.2 Å². The van der Waals surface area contributed by atoms with Crippen molar-refractivity contribution in [3.05, 3.63) is 29.8 Å². The number of aliphatic hydroxyl groups is 1. The van der Waals surface area contributed by atoms with Gasteiger partial charge in [0.25, 0.3) is 0 Å². The van der Waals surface area contributed by atoms with Gasteiger partial charge in [-0.1, -0.05) is 25.0 Å². The number of nitriles is 1. The van der Waals surface area contributed by atoms with Crippen LogP contribution in [0, 0.1) is 17.2 Å². The minimum absolute atomic E-state index is 0.235. The molecule has 146 valence electrons. The van der Waals surface area contributed by atoms with Gasteiger partial charge in [0.05, 0.1) is 12.5 Å². The van der Waals surface area contributed by atoms with Crippen LogP contribution in [0.1, 0.15) is 31.2 Å². The van der Waals surface area contributed by atoms with Crippen molar-refractivity contribution >= 4 is 5.91 Å². The number of rotatable bonds is 7. The lowest BCUT2D eigenvalue weighted by molar-refractivity contribution is -0.137. The molecule has 3 rings (SSSR count). The maximum absolute atomic E-state index is 12.5. The molecule has 2 aliphatic rings. The van der Waals surface area contributed by atoms with Crippen LogP contribution in [0.4, 0.5) is 0 Å². The van der Waals surface area contributed by atoms with E-state index < -0.39 is 6.10 Å². The van der Waals surface area contributed by atoms with Crippen LogP contribution in [0.2, 0.25) is 0 Å². The smallest absolute Gasteiger partial charge is 0.225 e. The van der Waals surface area contributed by atoms with Gasteiger partial charge in [0.15, 0.2) is 0 Å². The lowest BCUT2D eigenvalue weighted by Crippen LogP contribution is -2.52. The van der Waals surface area contributed by atoms with Gasteiger partial charge in [-0.3, -0.25) is 9.69 Å². The Labute approximate surface area is 161 Å². The van der Waals surface area contributed by atoms with Gasteiger partial charge in [0.2, 0.25) is 5.91 Å². The fourth-order valence-electron chi connectivity index (χ4n) is 3.92. The summed E-state index contributed by atoms with van der Waals surface area (Å²) in [7, 11) is 0. The number of carbonyl (C=O) groups is 1. The third-order valence-electron chi connectivity index (χ3n) is 5.51. The van der Waals surface area contributed by atoms with E-state index in [1.807, 2.05) is 29.2 Å². The summed E-state index contributed by atoms with van der Waals surface area (Å²) in [5.41, 5.74) is 0.954. The Bertz CT molecular complexity index is 642. The van der Waals surface area contributed by atoms with Gasteiger partial charge in [0.1, 0.15) is 18.5 Å². The van der Waals surface area contributed by atoms with Crippen molar-refractivity contribution < 1.29 is 14.6 Å². The van der Waals surface area contributed by atoms with Crippen molar-refractivity contribution in [2.24, 2.45) is 5.92 Å². The molecule has 0 aromatic heterocycles. The molecule has 27 heavy (non-hydrogen) atoms. The quantitative estimate of drug-likeness (QED) is 0.791. The molecule has 1 saturated carbocycles. The first-order valence-corrected chi connectivity index (χ1v) is 9.93. The van der Waals surface area contributed by atoms with Crippen molar-refractivity contribution in [1.29, 1.82) is 5.26 Å². The highest BCUT2D eigenvalue weighted by molar-refractivity contribution is 5.79. The fraction of sp³-hybridized carbons (Fsp3) is 0.619. The molecule has 0 radical (unpaired) electrons. The lowest BCUT2D eigenvalue weighted by Gasteiger charge is -2.36. The van der Waals surface area contributed by atoms with E-state index in [0.717, 1.165) is 44.6 Å². The largest absolute Gasteiger partial charge is 0.491 e. The van der Waals surface area contributed by atoms with Crippen molar-refractivity contribution in [1.82, 2.24) is 9.80 Å². The maximum Gasteiger partial charge on any atom is 0.225 e. The van der Waals surface area contributed by atoms with Crippen LogP contribution < -0.4 is 4.74 Å². The summed E-state index contributed by atoms with van der Waals surface area (Å²) in [6.07, 6.45) is 4.28. The van der Waals surface area contributed by atoms with Gasteiger partial charge in [-0.2, -0.15) is 5.26 Å². The van der Waals surface area contributed by atoms with Gasteiger partial charge in [0, 0.05) is 38.6 Å². The number of ether oxygens (including phenoxy) is 1. The molecule has 1 saturated heterocycles. The first-order valence-electron chi connectivity index (χ1n) is 9.93. The molecular formula is C21H29N3O3. The second-order valence-corrected chi connectivity index (χ2v) is 7.55.